The Balaban J connectivity index is 1.83. The van der Waals surface area contributed by atoms with Crippen molar-refractivity contribution in [1.29, 1.82) is 0 Å². The van der Waals surface area contributed by atoms with Crippen LogP contribution in [0.5, 0.6) is 17.4 Å². The number of carbonyl (C=O) groups is 2. The highest BCUT2D eigenvalue weighted by molar-refractivity contribution is 6.06. The molecule has 1 atom stereocenters. The van der Waals surface area contributed by atoms with Crippen LogP contribution in [-0.4, -0.2) is 58.8 Å². The van der Waals surface area contributed by atoms with Gasteiger partial charge in [0, 0.05) is 31.8 Å². The highest BCUT2D eigenvalue weighted by Crippen LogP contribution is 2.28. The summed E-state index contributed by atoms with van der Waals surface area (Å²) in [6.07, 6.45) is 7.51. The standard InChI is InChI=1S/C23H28N6O4/c1-4-15(2)32-17-10-16(22(30)28-20(24)6-7-25-3)11-18(12-17)33-21-14-26-19(13-27-21)23(31)29-8-5-9-29/h6-7,10-15,25H,4-5,8-9H2,1-3H3,(H2,24,28,30)/b7-6-/t15-/m0/s1. The van der Waals surface area contributed by atoms with Gasteiger partial charge in [-0.25, -0.2) is 9.97 Å². The highest BCUT2D eigenvalue weighted by Gasteiger charge is 2.23. The molecule has 2 amide bonds. The minimum absolute atomic E-state index is 0.0541. The van der Waals surface area contributed by atoms with Gasteiger partial charge in [-0.15, -0.1) is 0 Å². The quantitative estimate of drug-likeness (QED) is 0.438. The summed E-state index contributed by atoms with van der Waals surface area (Å²) < 4.78 is 11.7. The van der Waals surface area contributed by atoms with E-state index in [0.717, 1.165) is 25.9 Å². The molecule has 0 unspecified atom stereocenters. The summed E-state index contributed by atoms with van der Waals surface area (Å²) in [6.45, 7) is 5.38. The zero-order valence-electron chi connectivity index (χ0n) is 18.9. The zero-order valence-corrected chi connectivity index (χ0v) is 18.9. The minimum atomic E-state index is -0.547. The van der Waals surface area contributed by atoms with E-state index in [1.165, 1.54) is 24.5 Å². The number of rotatable bonds is 9. The maximum absolute atomic E-state index is 12.6. The Morgan fingerprint density at radius 1 is 1.24 bits per heavy atom. The monoisotopic (exact) mass is 452 g/mol. The van der Waals surface area contributed by atoms with Crippen molar-refractivity contribution in [2.75, 3.05) is 20.1 Å². The predicted molar refractivity (Wildman–Crippen MR) is 124 cm³/mol. The summed E-state index contributed by atoms with van der Waals surface area (Å²) >= 11 is 0. The molecule has 2 heterocycles. The molecule has 0 radical (unpaired) electrons. The Morgan fingerprint density at radius 2 is 2.00 bits per heavy atom. The first-order valence-electron chi connectivity index (χ1n) is 10.7. The molecule has 1 fully saturated rings. The Bertz CT molecular complexity index is 1050. The molecule has 0 spiro atoms. The predicted octanol–water partition coefficient (Wildman–Crippen LogP) is 2.52. The minimum Gasteiger partial charge on any atom is -0.491 e. The van der Waals surface area contributed by atoms with Crippen LogP contribution in [0.3, 0.4) is 0 Å². The largest absolute Gasteiger partial charge is 0.491 e. The molecule has 3 rings (SSSR count). The van der Waals surface area contributed by atoms with Crippen molar-refractivity contribution < 1.29 is 19.1 Å². The second-order valence-electron chi connectivity index (χ2n) is 7.48. The number of hydrogen-bond donors (Lipinski definition) is 2. The normalized spacial score (nSPS) is 14.5. The third kappa shape index (κ3) is 6.52. The molecule has 10 nitrogen and oxygen atoms in total. The van der Waals surface area contributed by atoms with E-state index in [-0.39, 0.29) is 35.0 Å². The van der Waals surface area contributed by atoms with Crippen molar-refractivity contribution in [3.63, 3.8) is 0 Å². The molecule has 1 aliphatic heterocycles. The molecule has 33 heavy (non-hydrogen) atoms. The van der Waals surface area contributed by atoms with Crippen molar-refractivity contribution in [2.45, 2.75) is 32.8 Å². The fourth-order valence-corrected chi connectivity index (χ4v) is 2.81. The number of likely N-dealkylation sites (tertiary alicyclic amines) is 1. The van der Waals surface area contributed by atoms with Crippen molar-refractivity contribution in [2.24, 2.45) is 10.7 Å². The van der Waals surface area contributed by atoms with E-state index in [1.54, 1.807) is 30.3 Å². The van der Waals surface area contributed by atoms with Gasteiger partial charge >= 0.3 is 0 Å². The zero-order chi connectivity index (χ0) is 23.8. The number of nitrogens with zero attached hydrogens (tertiary/aromatic N) is 4. The fourth-order valence-electron chi connectivity index (χ4n) is 2.81. The Kier molecular flexibility index (Phi) is 7.96. The third-order valence-electron chi connectivity index (χ3n) is 4.90. The van der Waals surface area contributed by atoms with Crippen LogP contribution in [0.25, 0.3) is 0 Å². The lowest BCUT2D eigenvalue weighted by Gasteiger charge is -2.30. The van der Waals surface area contributed by atoms with E-state index in [9.17, 15) is 9.59 Å². The van der Waals surface area contributed by atoms with Gasteiger partial charge in [0.2, 0.25) is 5.88 Å². The Hall–Kier alpha value is -3.95. The van der Waals surface area contributed by atoms with Gasteiger partial charge in [0.25, 0.3) is 11.8 Å². The molecule has 1 aromatic heterocycles. The summed E-state index contributed by atoms with van der Waals surface area (Å²) in [6, 6.07) is 4.75. The molecule has 10 heteroatoms. The lowest BCUT2D eigenvalue weighted by Crippen LogP contribution is -2.42. The van der Waals surface area contributed by atoms with E-state index < -0.39 is 5.91 Å². The molecular formula is C23H28N6O4. The van der Waals surface area contributed by atoms with E-state index in [2.05, 4.69) is 20.3 Å². The van der Waals surface area contributed by atoms with E-state index in [4.69, 9.17) is 15.2 Å². The molecule has 3 N–H and O–H groups in total. The summed E-state index contributed by atoms with van der Waals surface area (Å²) in [5.41, 5.74) is 6.26. The Labute approximate surface area is 192 Å². The van der Waals surface area contributed by atoms with E-state index in [0.29, 0.717) is 11.5 Å². The van der Waals surface area contributed by atoms with Crippen LogP contribution in [0.15, 0.2) is 47.9 Å². The van der Waals surface area contributed by atoms with Crippen molar-refractivity contribution in [3.8, 4) is 17.4 Å². The van der Waals surface area contributed by atoms with Crippen molar-refractivity contribution >= 4 is 17.6 Å². The van der Waals surface area contributed by atoms with E-state index in [1.807, 2.05) is 13.8 Å². The first kappa shape index (κ1) is 23.7. The number of nitrogens with one attached hydrogen (secondary N) is 1. The molecule has 1 aromatic carbocycles. The number of aromatic nitrogens is 2. The van der Waals surface area contributed by atoms with Gasteiger partial charge < -0.3 is 25.4 Å². The number of amidine groups is 1. The van der Waals surface area contributed by atoms with Crippen LogP contribution in [0.1, 0.15) is 47.5 Å². The van der Waals surface area contributed by atoms with Crippen LogP contribution in [0, 0.1) is 0 Å². The first-order chi connectivity index (χ1) is 15.9. The number of hydrogen-bond acceptors (Lipinski definition) is 7. The molecule has 0 aliphatic carbocycles. The molecular weight excluding hydrogens is 424 g/mol. The van der Waals surface area contributed by atoms with Crippen molar-refractivity contribution in [1.82, 2.24) is 20.2 Å². The molecule has 2 aromatic rings. The first-order valence-corrected chi connectivity index (χ1v) is 10.7. The second-order valence-corrected chi connectivity index (χ2v) is 7.48. The number of benzene rings is 1. The van der Waals surface area contributed by atoms with Gasteiger partial charge in [-0.1, -0.05) is 6.92 Å². The van der Waals surface area contributed by atoms with Crippen LogP contribution >= 0.6 is 0 Å². The van der Waals surface area contributed by atoms with Gasteiger partial charge in [0.15, 0.2) is 0 Å². The van der Waals surface area contributed by atoms with Crippen LogP contribution in [0.4, 0.5) is 0 Å². The molecule has 1 saturated heterocycles. The highest BCUT2D eigenvalue weighted by atomic mass is 16.5. The summed E-state index contributed by atoms with van der Waals surface area (Å²) in [4.78, 5) is 38.8. The summed E-state index contributed by atoms with van der Waals surface area (Å²) in [5, 5.41) is 2.78. The number of amides is 2. The lowest BCUT2D eigenvalue weighted by molar-refractivity contribution is 0.0645. The maximum Gasteiger partial charge on any atom is 0.279 e. The number of carbonyl (C=O) groups excluding carboxylic acids is 2. The Morgan fingerprint density at radius 3 is 2.61 bits per heavy atom. The van der Waals surface area contributed by atoms with Gasteiger partial charge in [0.1, 0.15) is 23.0 Å². The molecule has 1 aliphatic rings. The van der Waals surface area contributed by atoms with Crippen molar-refractivity contribution in [3.05, 3.63) is 54.1 Å². The smallest absolute Gasteiger partial charge is 0.279 e. The van der Waals surface area contributed by atoms with Crippen LogP contribution in [0.2, 0.25) is 0 Å². The van der Waals surface area contributed by atoms with Crippen LogP contribution in [-0.2, 0) is 0 Å². The van der Waals surface area contributed by atoms with Gasteiger partial charge in [-0.3, -0.25) is 9.59 Å². The average molecular weight is 453 g/mol. The topological polar surface area (TPSA) is 132 Å². The summed E-state index contributed by atoms with van der Waals surface area (Å²) in [5.74, 6) is 0.291. The van der Waals surface area contributed by atoms with Crippen LogP contribution < -0.4 is 20.5 Å². The van der Waals surface area contributed by atoms with Gasteiger partial charge in [-0.2, -0.15) is 4.99 Å². The average Bonchev–Trinajstić information content (AvgIpc) is 2.76. The van der Waals surface area contributed by atoms with Gasteiger partial charge in [-0.05, 0) is 44.2 Å². The third-order valence-corrected chi connectivity index (χ3v) is 4.90. The molecule has 174 valence electrons. The number of ether oxygens (including phenoxy) is 2. The SMILES string of the molecule is CC[C@H](C)Oc1cc(Oc2cnc(C(=O)N3CCC3)cn2)cc(C(=O)N=C(N)/C=C\NC)c1. The lowest BCUT2D eigenvalue weighted by atomic mass is 10.2. The molecule has 0 bridgehead atoms. The summed E-state index contributed by atoms with van der Waals surface area (Å²) in [7, 11) is 1.71. The molecule has 0 saturated carbocycles. The second kappa shape index (κ2) is 11.1. The fraction of sp³-hybridized carbons (Fsp3) is 0.348. The number of nitrogens with two attached hydrogens (primary N) is 1. The van der Waals surface area contributed by atoms with Gasteiger partial charge in [0.05, 0.1) is 18.5 Å². The van der Waals surface area contributed by atoms with E-state index >= 15 is 0 Å². The number of aliphatic imine (C=N–C) groups is 1. The maximum atomic E-state index is 12.6.